The topological polar surface area (TPSA) is 29.5 Å². The molecule has 1 aromatic carbocycles. The Morgan fingerprint density at radius 1 is 1.47 bits per heavy atom. The standard InChI is InChI=1S/C11H12F2O2/c12-11(13)6-15-8-2-3-9-7(5-8)1-4-10(9)14/h2-3,5,10-11,14H,1,4,6H2/t10-/m1/s1. The number of halogens is 2. The van der Waals surface area contributed by atoms with E-state index in [9.17, 15) is 13.9 Å². The third kappa shape index (κ3) is 2.26. The third-order valence-electron chi connectivity index (χ3n) is 2.54. The SMILES string of the molecule is O[C@@H]1CCc2cc(OCC(F)F)ccc21. The maximum Gasteiger partial charge on any atom is 0.272 e. The van der Waals surface area contributed by atoms with Crippen LogP contribution >= 0.6 is 0 Å². The normalized spacial score (nSPS) is 19.3. The number of aryl methyl sites for hydroxylation is 1. The summed E-state index contributed by atoms with van der Waals surface area (Å²) in [5, 5.41) is 9.53. The molecule has 0 aromatic heterocycles. The molecule has 0 saturated carbocycles. The Labute approximate surface area is 86.5 Å². The van der Waals surface area contributed by atoms with E-state index in [1.165, 1.54) is 0 Å². The summed E-state index contributed by atoms with van der Waals surface area (Å²) in [6.45, 7) is -0.582. The van der Waals surface area contributed by atoms with Gasteiger partial charge in [0.2, 0.25) is 0 Å². The second kappa shape index (κ2) is 4.14. The summed E-state index contributed by atoms with van der Waals surface area (Å²) >= 11 is 0. The van der Waals surface area contributed by atoms with Crippen LogP contribution in [0.4, 0.5) is 8.78 Å². The van der Waals surface area contributed by atoms with E-state index in [-0.39, 0.29) is 0 Å². The van der Waals surface area contributed by atoms with E-state index in [2.05, 4.69) is 0 Å². The lowest BCUT2D eigenvalue weighted by atomic mass is 10.1. The smallest absolute Gasteiger partial charge is 0.272 e. The highest BCUT2D eigenvalue weighted by atomic mass is 19.3. The molecule has 0 heterocycles. The number of hydrogen-bond donors (Lipinski definition) is 1. The highest BCUT2D eigenvalue weighted by Gasteiger charge is 2.20. The molecule has 15 heavy (non-hydrogen) atoms. The Morgan fingerprint density at radius 3 is 3.00 bits per heavy atom. The van der Waals surface area contributed by atoms with Crippen LogP contribution in [0.5, 0.6) is 5.75 Å². The number of fused-ring (bicyclic) bond motifs is 1. The van der Waals surface area contributed by atoms with Crippen molar-refractivity contribution in [2.45, 2.75) is 25.4 Å². The molecule has 2 nitrogen and oxygen atoms in total. The van der Waals surface area contributed by atoms with Crippen LogP contribution in [0.2, 0.25) is 0 Å². The Kier molecular flexibility index (Phi) is 2.86. The molecule has 1 aliphatic carbocycles. The minimum atomic E-state index is -2.45. The van der Waals surface area contributed by atoms with Gasteiger partial charge in [-0.25, -0.2) is 8.78 Å². The Bertz CT molecular complexity index is 352. The summed E-state index contributed by atoms with van der Waals surface area (Å²) in [4.78, 5) is 0. The van der Waals surface area contributed by atoms with Crippen LogP contribution in [0, 0.1) is 0 Å². The Balaban J connectivity index is 2.09. The third-order valence-corrected chi connectivity index (χ3v) is 2.54. The molecule has 1 N–H and O–H groups in total. The lowest BCUT2D eigenvalue weighted by Gasteiger charge is -2.08. The number of alkyl halides is 2. The van der Waals surface area contributed by atoms with Gasteiger partial charge in [-0.1, -0.05) is 6.07 Å². The van der Waals surface area contributed by atoms with Gasteiger partial charge in [0.1, 0.15) is 12.4 Å². The number of aliphatic hydroxyl groups excluding tert-OH is 1. The largest absolute Gasteiger partial charge is 0.488 e. The molecule has 0 saturated heterocycles. The first-order chi connectivity index (χ1) is 7.16. The van der Waals surface area contributed by atoms with E-state index in [4.69, 9.17) is 4.74 Å². The first-order valence-corrected chi connectivity index (χ1v) is 4.88. The van der Waals surface area contributed by atoms with Crippen molar-refractivity contribution in [2.75, 3.05) is 6.61 Å². The molecule has 0 bridgehead atoms. The summed E-state index contributed by atoms with van der Waals surface area (Å²) in [6.07, 6.45) is -1.39. The molecule has 0 spiro atoms. The zero-order valence-corrected chi connectivity index (χ0v) is 8.12. The maximum absolute atomic E-state index is 11.9. The summed E-state index contributed by atoms with van der Waals surface area (Å²) < 4.78 is 28.7. The summed E-state index contributed by atoms with van der Waals surface area (Å²) in [7, 11) is 0. The average molecular weight is 214 g/mol. The molecule has 0 radical (unpaired) electrons. The fraction of sp³-hybridized carbons (Fsp3) is 0.455. The predicted octanol–water partition coefficient (Wildman–Crippen LogP) is 2.31. The number of ether oxygens (including phenoxy) is 1. The molecule has 1 aromatic rings. The molecule has 1 aliphatic rings. The van der Waals surface area contributed by atoms with E-state index in [0.29, 0.717) is 12.2 Å². The second-order valence-electron chi connectivity index (χ2n) is 3.62. The van der Waals surface area contributed by atoms with Crippen molar-refractivity contribution >= 4 is 0 Å². The van der Waals surface area contributed by atoms with E-state index in [0.717, 1.165) is 17.5 Å². The molecule has 2 rings (SSSR count). The van der Waals surface area contributed by atoms with E-state index >= 15 is 0 Å². The monoisotopic (exact) mass is 214 g/mol. The zero-order chi connectivity index (χ0) is 10.8. The molecule has 1 atom stereocenters. The zero-order valence-electron chi connectivity index (χ0n) is 8.12. The molecule has 0 fully saturated rings. The molecular formula is C11H12F2O2. The molecule has 0 amide bonds. The summed E-state index contributed by atoms with van der Waals surface area (Å²) in [6, 6.07) is 5.09. The average Bonchev–Trinajstić information content (AvgIpc) is 2.57. The lowest BCUT2D eigenvalue weighted by molar-refractivity contribution is 0.0818. The van der Waals surface area contributed by atoms with E-state index in [1.54, 1.807) is 18.2 Å². The highest BCUT2D eigenvalue weighted by molar-refractivity contribution is 5.39. The van der Waals surface area contributed by atoms with Crippen LogP contribution in [0.3, 0.4) is 0 Å². The predicted molar refractivity (Wildman–Crippen MR) is 51.2 cm³/mol. The van der Waals surface area contributed by atoms with Gasteiger partial charge in [0.05, 0.1) is 6.10 Å². The quantitative estimate of drug-likeness (QED) is 0.836. The van der Waals surface area contributed by atoms with Crippen molar-refractivity contribution in [2.24, 2.45) is 0 Å². The van der Waals surface area contributed by atoms with Crippen molar-refractivity contribution in [1.82, 2.24) is 0 Å². The number of rotatable bonds is 3. The van der Waals surface area contributed by atoms with Crippen LogP contribution in [0.15, 0.2) is 18.2 Å². The van der Waals surface area contributed by atoms with Gasteiger partial charge in [-0.05, 0) is 36.1 Å². The van der Waals surface area contributed by atoms with Gasteiger partial charge in [-0.3, -0.25) is 0 Å². The highest BCUT2D eigenvalue weighted by Crippen LogP contribution is 2.33. The lowest BCUT2D eigenvalue weighted by Crippen LogP contribution is -2.07. The fourth-order valence-electron chi connectivity index (χ4n) is 1.82. The van der Waals surface area contributed by atoms with Crippen molar-refractivity contribution in [1.29, 1.82) is 0 Å². The molecule has 4 heteroatoms. The molecule has 82 valence electrons. The van der Waals surface area contributed by atoms with Gasteiger partial charge < -0.3 is 9.84 Å². The maximum atomic E-state index is 11.9. The first-order valence-electron chi connectivity index (χ1n) is 4.88. The van der Waals surface area contributed by atoms with Gasteiger partial charge in [0.15, 0.2) is 0 Å². The number of benzene rings is 1. The van der Waals surface area contributed by atoms with E-state index < -0.39 is 19.1 Å². The summed E-state index contributed by atoms with van der Waals surface area (Å²) in [5.41, 5.74) is 1.88. The van der Waals surface area contributed by atoms with Gasteiger partial charge in [-0.15, -0.1) is 0 Å². The van der Waals surface area contributed by atoms with Crippen molar-refractivity contribution in [3.63, 3.8) is 0 Å². The van der Waals surface area contributed by atoms with Crippen molar-refractivity contribution < 1.29 is 18.6 Å². The Morgan fingerprint density at radius 2 is 2.27 bits per heavy atom. The Hall–Kier alpha value is -1.16. The van der Waals surface area contributed by atoms with Gasteiger partial charge >= 0.3 is 0 Å². The fourth-order valence-corrected chi connectivity index (χ4v) is 1.82. The van der Waals surface area contributed by atoms with Crippen LogP contribution in [0.1, 0.15) is 23.7 Å². The number of aliphatic hydroxyl groups is 1. The second-order valence-corrected chi connectivity index (χ2v) is 3.62. The molecular weight excluding hydrogens is 202 g/mol. The van der Waals surface area contributed by atoms with Crippen LogP contribution in [-0.4, -0.2) is 18.1 Å². The molecule has 0 aliphatic heterocycles. The van der Waals surface area contributed by atoms with Gasteiger partial charge in [0, 0.05) is 0 Å². The van der Waals surface area contributed by atoms with Gasteiger partial charge in [0.25, 0.3) is 6.43 Å². The van der Waals surface area contributed by atoms with Crippen molar-refractivity contribution in [3.8, 4) is 5.75 Å². The molecule has 0 unspecified atom stereocenters. The van der Waals surface area contributed by atoms with Gasteiger partial charge in [-0.2, -0.15) is 0 Å². The number of hydrogen-bond acceptors (Lipinski definition) is 2. The van der Waals surface area contributed by atoms with Crippen LogP contribution in [0.25, 0.3) is 0 Å². The van der Waals surface area contributed by atoms with Crippen molar-refractivity contribution in [3.05, 3.63) is 29.3 Å². The minimum absolute atomic E-state index is 0.413. The van der Waals surface area contributed by atoms with E-state index in [1.807, 2.05) is 0 Å². The van der Waals surface area contributed by atoms with Crippen LogP contribution < -0.4 is 4.74 Å². The summed E-state index contributed by atoms with van der Waals surface area (Å²) in [5.74, 6) is 0.447. The minimum Gasteiger partial charge on any atom is -0.488 e. The van der Waals surface area contributed by atoms with Crippen LogP contribution in [-0.2, 0) is 6.42 Å². The first kappa shape index (κ1) is 10.4.